The van der Waals surface area contributed by atoms with Gasteiger partial charge in [-0.2, -0.15) is 0 Å². The van der Waals surface area contributed by atoms with Crippen molar-refractivity contribution in [3.63, 3.8) is 0 Å². The Bertz CT molecular complexity index is 694. The van der Waals surface area contributed by atoms with Crippen LogP contribution in [0.4, 0.5) is 11.4 Å². The van der Waals surface area contributed by atoms with Crippen molar-refractivity contribution in [1.29, 1.82) is 0 Å². The second-order valence-electron chi connectivity index (χ2n) is 6.03. The highest BCUT2D eigenvalue weighted by Crippen LogP contribution is 2.27. The summed E-state index contributed by atoms with van der Waals surface area (Å²) in [4.78, 5) is 0. The highest BCUT2D eigenvalue weighted by molar-refractivity contribution is 7.91. The number of anilines is 2. The lowest BCUT2D eigenvalue weighted by molar-refractivity contribution is 0.600. The second kappa shape index (κ2) is 5.73. The summed E-state index contributed by atoms with van der Waals surface area (Å²) >= 11 is 0. The Labute approximate surface area is 131 Å². The lowest BCUT2D eigenvalue weighted by Gasteiger charge is -2.19. The monoisotopic (exact) mass is 344 g/mol. The number of hydrogen-bond donors (Lipinski definition) is 2. The molecule has 8 heteroatoms. The van der Waals surface area contributed by atoms with Gasteiger partial charge in [0.2, 0.25) is 0 Å². The van der Waals surface area contributed by atoms with Crippen molar-refractivity contribution in [2.45, 2.75) is 24.9 Å². The molecule has 3 rings (SSSR count). The van der Waals surface area contributed by atoms with E-state index in [1.807, 2.05) is 24.3 Å². The molecule has 0 amide bonds. The minimum Gasteiger partial charge on any atom is -0.380 e. The first-order valence-corrected chi connectivity index (χ1v) is 11.0. The molecular weight excluding hydrogens is 324 g/mol. The van der Waals surface area contributed by atoms with Gasteiger partial charge in [-0.3, -0.25) is 0 Å². The lowest BCUT2D eigenvalue weighted by Crippen LogP contribution is -2.24. The molecule has 0 aromatic heterocycles. The molecule has 2 aliphatic rings. The fraction of sp³-hybridized carbons (Fsp3) is 0.571. The average molecular weight is 344 g/mol. The van der Waals surface area contributed by atoms with Crippen LogP contribution in [0.3, 0.4) is 0 Å². The Kier molecular flexibility index (Phi) is 4.07. The molecule has 1 aromatic carbocycles. The predicted octanol–water partition coefficient (Wildman–Crippen LogP) is 0.885. The lowest BCUT2D eigenvalue weighted by atomic mass is 10.2. The number of para-hydroxylation sites is 2. The molecule has 2 saturated heterocycles. The number of benzene rings is 1. The Morgan fingerprint density at radius 3 is 1.50 bits per heavy atom. The Morgan fingerprint density at radius 2 is 1.18 bits per heavy atom. The van der Waals surface area contributed by atoms with Gasteiger partial charge in [0, 0.05) is 12.1 Å². The van der Waals surface area contributed by atoms with Crippen LogP contribution in [0.25, 0.3) is 0 Å². The van der Waals surface area contributed by atoms with Crippen LogP contribution in [0.15, 0.2) is 24.3 Å². The number of hydrogen-bond acceptors (Lipinski definition) is 6. The quantitative estimate of drug-likeness (QED) is 0.842. The maximum Gasteiger partial charge on any atom is 0.152 e. The summed E-state index contributed by atoms with van der Waals surface area (Å²) in [5.41, 5.74) is 1.66. The topological polar surface area (TPSA) is 92.3 Å². The molecule has 2 N–H and O–H groups in total. The molecule has 0 spiro atoms. The van der Waals surface area contributed by atoms with Crippen molar-refractivity contribution >= 4 is 31.0 Å². The summed E-state index contributed by atoms with van der Waals surface area (Å²) in [5, 5.41) is 6.54. The van der Waals surface area contributed by atoms with Gasteiger partial charge in [-0.25, -0.2) is 16.8 Å². The standard InChI is InChI=1S/C14H20N2O4S2/c17-21(18)7-5-11(9-21)15-13-3-1-2-4-14(13)16-12-6-8-22(19,20)10-12/h1-4,11-12,15-16H,5-10H2/t11-,12+. The average Bonchev–Trinajstić information content (AvgIpc) is 2.94. The van der Waals surface area contributed by atoms with Crippen LogP contribution in [-0.2, 0) is 19.7 Å². The molecule has 0 bridgehead atoms. The highest BCUT2D eigenvalue weighted by atomic mass is 32.2. The first-order chi connectivity index (χ1) is 10.3. The van der Waals surface area contributed by atoms with Crippen molar-refractivity contribution in [2.24, 2.45) is 0 Å². The first kappa shape index (κ1) is 15.6. The summed E-state index contributed by atoms with van der Waals surface area (Å²) in [6, 6.07) is 7.36. The summed E-state index contributed by atoms with van der Waals surface area (Å²) in [6.07, 6.45) is 1.21. The fourth-order valence-electron chi connectivity index (χ4n) is 2.99. The van der Waals surface area contributed by atoms with E-state index in [0.29, 0.717) is 12.8 Å². The number of sulfone groups is 2. The van der Waals surface area contributed by atoms with Gasteiger partial charge in [0.25, 0.3) is 0 Å². The maximum atomic E-state index is 11.5. The molecule has 0 radical (unpaired) electrons. The van der Waals surface area contributed by atoms with Crippen LogP contribution in [0.5, 0.6) is 0 Å². The van der Waals surface area contributed by atoms with Gasteiger partial charge in [-0.1, -0.05) is 12.1 Å². The summed E-state index contributed by atoms with van der Waals surface area (Å²) in [5.74, 6) is 0.751. The molecule has 22 heavy (non-hydrogen) atoms. The van der Waals surface area contributed by atoms with Crippen LogP contribution in [-0.4, -0.2) is 51.9 Å². The molecule has 122 valence electrons. The van der Waals surface area contributed by atoms with Crippen LogP contribution in [0, 0.1) is 0 Å². The van der Waals surface area contributed by atoms with Crippen molar-refractivity contribution in [3.05, 3.63) is 24.3 Å². The molecule has 2 atom stereocenters. The third kappa shape index (κ3) is 3.73. The normalized spacial score (nSPS) is 29.3. The molecule has 2 fully saturated rings. The predicted molar refractivity (Wildman–Crippen MR) is 87.8 cm³/mol. The number of nitrogens with one attached hydrogen (secondary N) is 2. The maximum absolute atomic E-state index is 11.5. The van der Waals surface area contributed by atoms with E-state index in [1.54, 1.807) is 0 Å². The summed E-state index contributed by atoms with van der Waals surface area (Å²) < 4.78 is 46.2. The van der Waals surface area contributed by atoms with Gasteiger partial charge < -0.3 is 10.6 Å². The van der Waals surface area contributed by atoms with Crippen LogP contribution in [0.1, 0.15) is 12.8 Å². The zero-order valence-corrected chi connectivity index (χ0v) is 13.8. The molecule has 2 heterocycles. The molecule has 0 saturated carbocycles. The first-order valence-electron chi connectivity index (χ1n) is 7.36. The van der Waals surface area contributed by atoms with E-state index in [2.05, 4.69) is 10.6 Å². The second-order valence-corrected chi connectivity index (χ2v) is 10.5. The van der Waals surface area contributed by atoms with E-state index < -0.39 is 19.7 Å². The third-order valence-corrected chi connectivity index (χ3v) is 7.65. The zero-order chi connectivity index (χ0) is 15.8. The molecular formula is C14H20N2O4S2. The third-order valence-electron chi connectivity index (χ3n) is 4.11. The van der Waals surface area contributed by atoms with Gasteiger partial charge >= 0.3 is 0 Å². The van der Waals surface area contributed by atoms with Crippen molar-refractivity contribution in [1.82, 2.24) is 0 Å². The molecule has 6 nitrogen and oxygen atoms in total. The van der Waals surface area contributed by atoms with E-state index in [4.69, 9.17) is 0 Å². The minimum absolute atomic E-state index is 0.0831. The molecule has 0 unspecified atom stereocenters. The zero-order valence-electron chi connectivity index (χ0n) is 12.2. The van der Waals surface area contributed by atoms with Gasteiger partial charge in [-0.15, -0.1) is 0 Å². The van der Waals surface area contributed by atoms with E-state index in [0.717, 1.165) is 11.4 Å². The molecule has 1 aromatic rings. The van der Waals surface area contributed by atoms with Crippen molar-refractivity contribution in [2.75, 3.05) is 33.6 Å². The van der Waals surface area contributed by atoms with Gasteiger partial charge in [0.1, 0.15) is 0 Å². The summed E-state index contributed by atoms with van der Waals surface area (Å²) in [6.45, 7) is 0. The van der Waals surface area contributed by atoms with Crippen LogP contribution in [0.2, 0.25) is 0 Å². The van der Waals surface area contributed by atoms with E-state index in [-0.39, 0.29) is 35.1 Å². The van der Waals surface area contributed by atoms with Gasteiger partial charge in [-0.05, 0) is 25.0 Å². The smallest absolute Gasteiger partial charge is 0.152 e. The van der Waals surface area contributed by atoms with E-state index in [9.17, 15) is 16.8 Å². The van der Waals surface area contributed by atoms with Gasteiger partial charge in [0.15, 0.2) is 19.7 Å². The minimum atomic E-state index is -2.93. The van der Waals surface area contributed by atoms with Crippen molar-refractivity contribution < 1.29 is 16.8 Å². The van der Waals surface area contributed by atoms with Crippen LogP contribution < -0.4 is 10.6 Å². The largest absolute Gasteiger partial charge is 0.380 e. The Balaban J connectivity index is 1.71. The van der Waals surface area contributed by atoms with Gasteiger partial charge in [0.05, 0.1) is 34.4 Å². The Morgan fingerprint density at radius 1 is 0.773 bits per heavy atom. The van der Waals surface area contributed by atoms with E-state index >= 15 is 0 Å². The number of rotatable bonds is 4. The molecule has 0 aliphatic carbocycles. The van der Waals surface area contributed by atoms with E-state index in [1.165, 1.54) is 0 Å². The summed E-state index contributed by atoms with van der Waals surface area (Å²) in [7, 11) is -5.86. The SMILES string of the molecule is O=S1(=O)CC[C@@H](Nc2ccccc2N[C@H]2CCS(=O)(=O)C2)C1. The van der Waals surface area contributed by atoms with Crippen molar-refractivity contribution in [3.8, 4) is 0 Å². The fourth-order valence-corrected chi connectivity index (χ4v) is 6.34. The molecule has 2 aliphatic heterocycles. The highest BCUT2D eigenvalue weighted by Gasteiger charge is 2.30. The Hall–Kier alpha value is -1.28. The van der Waals surface area contributed by atoms with Crippen LogP contribution >= 0.6 is 0 Å².